The van der Waals surface area contributed by atoms with Gasteiger partial charge in [-0.05, 0) is 41.0 Å². The molecule has 2 fully saturated rings. The van der Waals surface area contributed by atoms with Crippen molar-refractivity contribution in [3.63, 3.8) is 0 Å². The van der Waals surface area contributed by atoms with Gasteiger partial charge in [0.2, 0.25) is 5.91 Å². The maximum atomic E-state index is 13.1. The van der Waals surface area contributed by atoms with Gasteiger partial charge >= 0.3 is 12.1 Å². The SMILES string of the molecule is O=C(N[C@@H](CC1CC1)C(=O)N1CCC(C(=O)O)C1)OCC1c2ccccc2-c2ccccc21. The Morgan fingerprint density at radius 3 is 2.21 bits per heavy atom. The fourth-order valence-electron chi connectivity index (χ4n) is 5.07. The molecular weight excluding hydrogens is 420 g/mol. The van der Waals surface area contributed by atoms with Gasteiger partial charge in [0.05, 0.1) is 5.92 Å². The molecule has 1 saturated heterocycles. The molecule has 2 aromatic carbocycles. The predicted octanol–water partition coefficient (Wildman–Crippen LogP) is 3.63. The van der Waals surface area contributed by atoms with Crippen molar-refractivity contribution >= 4 is 18.0 Å². The first kappa shape index (κ1) is 21.5. The van der Waals surface area contributed by atoms with Crippen molar-refractivity contribution in [2.45, 2.75) is 37.6 Å². The number of carbonyl (C=O) groups excluding carboxylic acids is 2. The Morgan fingerprint density at radius 2 is 1.64 bits per heavy atom. The molecule has 1 heterocycles. The van der Waals surface area contributed by atoms with E-state index in [0.717, 1.165) is 35.1 Å². The summed E-state index contributed by atoms with van der Waals surface area (Å²) >= 11 is 0. The third kappa shape index (κ3) is 4.45. The van der Waals surface area contributed by atoms with E-state index in [1.807, 2.05) is 24.3 Å². The van der Waals surface area contributed by atoms with E-state index >= 15 is 0 Å². The highest BCUT2D eigenvalue weighted by molar-refractivity contribution is 5.87. The van der Waals surface area contributed by atoms with E-state index < -0.39 is 24.0 Å². The van der Waals surface area contributed by atoms with Gasteiger partial charge in [0.15, 0.2) is 0 Å². The lowest BCUT2D eigenvalue weighted by molar-refractivity contribution is -0.141. The summed E-state index contributed by atoms with van der Waals surface area (Å²) in [5.41, 5.74) is 4.58. The summed E-state index contributed by atoms with van der Waals surface area (Å²) in [5, 5.41) is 12.0. The van der Waals surface area contributed by atoms with E-state index in [9.17, 15) is 19.5 Å². The lowest BCUT2D eigenvalue weighted by atomic mass is 9.98. The Hall–Kier alpha value is -3.35. The van der Waals surface area contributed by atoms with Crippen molar-refractivity contribution in [2.75, 3.05) is 19.7 Å². The fraction of sp³-hybridized carbons (Fsp3) is 0.423. The topological polar surface area (TPSA) is 95.9 Å². The van der Waals surface area contributed by atoms with Crippen molar-refractivity contribution in [3.05, 3.63) is 59.7 Å². The first-order valence-corrected chi connectivity index (χ1v) is 11.6. The zero-order valence-corrected chi connectivity index (χ0v) is 18.4. The second-order valence-corrected chi connectivity index (χ2v) is 9.31. The third-order valence-electron chi connectivity index (χ3n) is 7.05. The van der Waals surface area contributed by atoms with E-state index in [1.165, 1.54) is 0 Å². The molecule has 3 aliphatic rings. The molecule has 0 bridgehead atoms. The summed E-state index contributed by atoms with van der Waals surface area (Å²) in [4.78, 5) is 38.6. The molecule has 7 nitrogen and oxygen atoms in total. The Bertz CT molecular complexity index is 1030. The van der Waals surface area contributed by atoms with E-state index in [4.69, 9.17) is 4.74 Å². The van der Waals surface area contributed by atoms with E-state index in [-0.39, 0.29) is 25.0 Å². The van der Waals surface area contributed by atoms with Crippen LogP contribution in [0.25, 0.3) is 11.1 Å². The van der Waals surface area contributed by atoms with Crippen molar-refractivity contribution in [2.24, 2.45) is 11.8 Å². The Labute approximate surface area is 192 Å². The molecule has 2 atom stereocenters. The number of aliphatic carboxylic acids is 1. The van der Waals surface area contributed by atoms with Crippen molar-refractivity contribution < 1.29 is 24.2 Å². The summed E-state index contributed by atoms with van der Waals surface area (Å²) in [6.45, 7) is 0.792. The van der Waals surface area contributed by atoms with Gasteiger partial charge in [-0.25, -0.2) is 4.79 Å². The summed E-state index contributed by atoms with van der Waals surface area (Å²) in [7, 11) is 0. The van der Waals surface area contributed by atoms with Crippen molar-refractivity contribution in [3.8, 4) is 11.1 Å². The van der Waals surface area contributed by atoms with Gasteiger partial charge in [-0.15, -0.1) is 0 Å². The molecule has 2 aliphatic carbocycles. The number of ether oxygens (including phenoxy) is 1. The molecule has 7 heteroatoms. The Kier molecular flexibility index (Phi) is 5.79. The number of likely N-dealkylation sites (tertiary alicyclic amines) is 1. The highest BCUT2D eigenvalue weighted by Gasteiger charge is 2.38. The molecule has 0 spiro atoms. The van der Waals surface area contributed by atoms with Crippen LogP contribution in [-0.2, 0) is 14.3 Å². The van der Waals surface area contributed by atoms with Crippen LogP contribution < -0.4 is 5.32 Å². The van der Waals surface area contributed by atoms with Crippen LogP contribution in [0.15, 0.2) is 48.5 Å². The number of rotatable bonds is 7. The number of fused-ring (bicyclic) bond motifs is 3. The van der Waals surface area contributed by atoms with Crippen molar-refractivity contribution in [1.29, 1.82) is 0 Å². The minimum atomic E-state index is -0.881. The summed E-state index contributed by atoms with van der Waals surface area (Å²) in [6.07, 6.45) is 2.51. The third-order valence-corrected chi connectivity index (χ3v) is 7.05. The largest absolute Gasteiger partial charge is 0.481 e. The lowest BCUT2D eigenvalue weighted by Gasteiger charge is -2.24. The first-order valence-electron chi connectivity index (χ1n) is 11.6. The molecule has 2 aromatic rings. The normalized spacial score (nSPS) is 20.1. The lowest BCUT2D eigenvalue weighted by Crippen LogP contribution is -2.48. The second kappa shape index (κ2) is 8.89. The Balaban J connectivity index is 1.24. The van der Waals surface area contributed by atoms with Crippen LogP contribution in [0.5, 0.6) is 0 Å². The van der Waals surface area contributed by atoms with E-state index in [0.29, 0.717) is 25.3 Å². The average molecular weight is 449 g/mol. The maximum Gasteiger partial charge on any atom is 0.407 e. The van der Waals surface area contributed by atoms with Crippen molar-refractivity contribution in [1.82, 2.24) is 10.2 Å². The number of hydrogen-bond acceptors (Lipinski definition) is 4. The average Bonchev–Trinajstić information content (AvgIpc) is 3.39. The van der Waals surface area contributed by atoms with Gasteiger partial charge in [0, 0.05) is 19.0 Å². The van der Waals surface area contributed by atoms with Gasteiger partial charge in [0.25, 0.3) is 0 Å². The van der Waals surface area contributed by atoms with Gasteiger partial charge in [0.1, 0.15) is 12.6 Å². The number of benzene rings is 2. The van der Waals surface area contributed by atoms with Gasteiger partial charge in [-0.3, -0.25) is 9.59 Å². The number of hydrogen-bond donors (Lipinski definition) is 2. The number of carbonyl (C=O) groups is 3. The maximum absolute atomic E-state index is 13.1. The minimum absolute atomic E-state index is 0.0457. The second-order valence-electron chi connectivity index (χ2n) is 9.31. The van der Waals surface area contributed by atoms with Crippen LogP contribution in [0.2, 0.25) is 0 Å². The van der Waals surface area contributed by atoms with Gasteiger partial charge in [-0.1, -0.05) is 61.4 Å². The molecule has 1 unspecified atom stereocenters. The minimum Gasteiger partial charge on any atom is -0.481 e. The molecular formula is C26H28N2O5. The summed E-state index contributed by atoms with van der Waals surface area (Å²) in [5.74, 6) is -1.25. The van der Waals surface area contributed by atoms with E-state index in [1.54, 1.807) is 4.90 Å². The molecule has 33 heavy (non-hydrogen) atoms. The molecule has 1 saturated carbocycles. The van der Waals surface area contributed by atoms with Crippen LogP contribution in [0.4, 0.5) is 4.79 Å². The smallest absolute Gasteiger partial charge is 0.407 e. The number of carboxylic acid groups (broad SMARTS) is 1. The molecule has 5 rings (SSSR count). The standard InChI is InChI=1S/C26H28N2O5/c29-24(28-12-11-17(14-28)25(30)31)23(13-16-9-10-16)27-26(32)33-15-22-20-7-3-1-5-18(20)19-6-2-4-8-21(19)22/h1-8,16-17,22-23H,9-15H2,(H,27,32)(H,30,31)/t17?,23-/m0/s1. The predicted molar refractivity (Wildman–Crippen MR) is 122 cm³/mol. The number of nitrogens with one attached hydrogen (secondary N) is 1. The molecule has 2 N–H and O–H groups in total. The quantitative estimate of drug-likeness (QED) is 0.674. The zero-order chi connectivity index (χ0) is 22.9. The van der Waals surface area contributed by atoms with Gasteiger partial charge in [-0.2, -0.15) is 0 Å². The van der Waals surface area contributed by atoms with Crippen LogP contribution in [0.1, 0.15) is 42.7 Å². The highest BCUT2D eigenvalue weighted by Crippen LogP contribution is 2.44. The zero-order valence-electron chi connectivity index (χ0n) is 18.4. The summed E-state index contributed by atoms with van der Waals surface area (Å²) < 4.78 is 5.63. The van der Waals surface area contributed by atoms with Crippen LogP contribution in [0, 0.1) is 11.8 Å². The van der Waals surface area contributed by atoms with Crippen LogP contribution in [0.3, 0.4) is 0 Å². The monoisotopic (exact) mass is 448 g/mol. The molecule has 0 radical (unpaired) electrons. The first-order chi connectivity index (χ1) is 16.0. The number of carboxylic acids is 1. The van der Waals surface area contributed by atoms with E-state index in [2.05, 4.69) is 29.6 Å². The number of nitrogens with zero attached hydrogens (tertiary/aromatic N) is 1. The van der Waals surface area contributed by atoms with Crippen LogP contribution in [-0.4, -0.2) is 53.7 Å². The summed E-state index contributed by atoms with van der Waals surface area (Å²) in [6, 6.07) is 15.6. The Morgan fingerprint density at radius 1 is 1.00 bits per heavy atom. The highest BCUT2D eigenvalue weighted by atomic mass is 16.5. The molecule has 2 amide bonds. The molecule has 1 aliphatic heterocycles. The molecule has 172 valence electrons. The van der Waals surface area contributed by atoms with Gasteiger partial charge < -0.3 is 20.1 Å². The molecule has 0 aromatic heterocycles. The number of amides is 2. The fourth-order valence-corrected chi connectivity index (χ4v) is 5.07. The number of alkyl carbamates (subject to hydrolysis) is 1. The van der Waals surface area contributed by atoms with Crippen LogP contribution >= 0.6 is 0 Å².